The van der Waals surface area contributed by atoms with Gasteiger partial charge in [0.25, 0.3) is 5.91 Å². The van der Waals surface area contributed by atoms with E-state index in [1.807, 2.05) is 0 Å². The summed E-state index contributed by atoms with van der Waals surface area (Å²) >= 11 is 0. The van der Waals surface area contributed by atoms with Crippen LogP contribution in [0.4, 0.5) is 13.2 Å². The van der Waals surface area contributed by atoms with Gasteiger partial charge in [-0.15, -0.1) is 0 Å². The molecule has 1 aromatic carbocycles. The lowest BCUT2D eigenvalue weighted by Gasteiger charge is -2.18. The maximum absolute atomic E-state index is 12.9. The summed E-state index contributed by atoms with van der Waals surface area (Å²) in [5, 5.41) is 8.94. The van der Waals surface area contributed by atoms with E-state index in [0.717, 1.165) is 11.2 Å². The van der Waals surface area contributed by atoms with E-state index in [0.29, 0.717) is 0 Å². The van der Waals surface area contributed by atoms with Crippen molar-refractivity contribution in [2.45, 2.75) is 11.1 Å². The highest BCUT2D eigenvalue weighted by Gasteiger charge is 2.53. The number of carboxylic acids is 1. The molecule has 2 atom stereocenters. The van der Waals surface area contributed by atoms with Crippen molar-refractivity contribution < 1.29 is 36.3 Å². The topological polar surface area (TPSA) is 91.8 Å². The normalized spacial score (nSPS) is 21.8. The number of carbonyl (C=O) groups excluding carboxylic acids is 1. The first-order valence-corrected chi connectivity index (χ1v) is 8.69. The van der Waals surface area contributed by atoms with E-state index in [1.165, 1.54) is 24.3 Å². The molecule has 1 aliphatic rings. The first kappa shape index (κ1) is 18.2. The van der Waals surface area contributed by atoms with Gasteiger partial charge in [-0.25, -0.2) is 8.42 Å². The minimum atomic E-state index is -4.72. The average molecular weight is 365 g/mol. The standard InChI is InChI=1S/C14H14F3NO5S/c1-24(22,23)9-4-2-8(3-5-9)12(19)18-6-10(13(20)21)11(7-18)14(15,16)17/h2-5,10-11H,6-7H2,1H3,(H,20,21)/t10-,11-/m1/s1. The molecule has 0 spiro atoms. The summed E-state index contributed by atoms with van der Waals surface area (Å²) in [6.07, 6.45) is -3.74. The number of hydrogen-bond donors (Lipinski definition) is 1. The van der Waals surface area contributed by atoms with Crippen LogP contribution in [0.5, 0.6) is 0 Å². The molecule has 1 aliphatic heterocycles. The molecule has 2 rings (SSSR count). The molecule has 1 N–H and O–H groups in total. The van der Waals surface area contributed by atoms with Crippen molar-refractivity contribution in [2.75, 3.05) is 19.3 Å². The Bertz CT molecular complexity index is 758. The molecular weight excluding hydrogens is 351 g/mol. The highest BCUT2D eigenvalue weighted by molar-refractivity contribution is 7.90. The van der Waals surface area contributed by atoms with Crippen LogP contribution in [-0.4, -0.2) is 55.8 Å². The monoisotopic (exact) mass is 365 g/mol. The smallest absolute Gasteiger partial charge is 0.394 e. The highest BCUT2D eigenvalue weighted by Crippen LogP contribution is 2.38. The quantitative estimate of drug-likeness (QED) is 0.875. The van der Waals surface area contributed by atoms with Crippen LogP contribution in [0.1, 0.15) is 10.4 Å². The Hall–Kier alpha value is -2.10. The molecule has 1 heterocycles. The van der Waals surface area contributed by atoms with Gasteiger partial charge in [0.1, 0.15) is 0 Å². The molecule has 0 radical (unpaired) electrons. The molecular formula is C14H14F3NO5S. The van der Waals surface area contributed by atoms with Gasteiger partial charge in [0.2, 0.25) is 0 Å². The summed E-state index contributed by atoms with van der Waals surface area (Å²) in [6.45, 7) is -1.29. The first-order chi connectivity index (χ1) is 10.9. The van der Waals surface area contributed by atoms with E-state index < -0.39 is 52.8 Å². The number of sulfone groups is 1. The maximum atomic E-state index is 12.9. The number of likely N-dealkylation sites (tertiary alicyclic amines) is 1. The van der Waals surface area contributed by atoms with Crippen molar-refractivity contribution in [3.05, 3.63) is 29.8 Å². The summed E-state index contributed by atoms with van der Waals surface area (Å²) < 4.78 is 61.5. The maximum Gasteiger partial charge on any atom is 0.394 e. The summed E-state index contributed by atoms with van der Waals surface area (Å²) in [5.74, 6) is -6.23. The van der Waals surface area contributed by atoms with Crippen LogP contribution in [0.3, 0.4) is 0 Å². The Morgan fingerprint density at radius 3 is 2.08 bits per heavy atom. The van der Waals surface area contributed by atoms with Crippen molar-refractivity contribution in [3.8, 4) is 0 Å². The van der Waals surface area contributed by atoms with Crippen molar-refractivity contribution in [2.24, 2.45) is 11.8 Å². The third-order valence-corrected chi connectivity index (χ3v) is 5.00. The zero-order valence-electron chi connectivity index (χ0n) is 12.4. The summed E-state index contributed by atoms with van der Waals surface area (Å²) in [5.41, 5.74) is -0.00522. The van der Waals surface area contributed by atoms with Gasteiger partial charge < -0.3 is 10.0 Å². The lowest BCUT2D eigenvalue weighted by atomic mass is 9.96. The predicted octanol–water partition coefficient (Wildman–Crippen LogP) is 1.43. The molecule has 0 saturated carbocycles. The van der Waals surface area contributed by atoms with Crippen LogP contribution in [-0.2, 0) is 14.6 Å². The Morgan fingerprint density at radius 2 is 1.71 bits per heavy atom. The van der Waals surface area contributed by atoms with Crippen LogP contribution in [0.2, 0.25) is 0 Å². The van der Waals surface area contributed by atoms with Gasteiger partial charge in [-0.2, -0.15) is 13.2 Å². The number of carboxylic acid groups (broad SMARTS) is 1. The number of aliphatic carboxylic acids is 1. The van der Waals surface area contributed by atoms with Gasteiger partial charge in [-0.1, -0.05) is 0 Å². The zero-order valence-corrected chi connectivity index (χ0v) is 13.3. The summed E-state index contributed by atoms with van der Waals surface area (Å²) in [7, 11) is -3.46. The fourth-order valence-electron chi connectivity index (χ4n) is 2.58. The van der Waals surface area contributed by atoms with E-state index >= 15 is 0 Å². The largest absolute Gasteiger partial charge is 0.481 e. The van der Waals surface area contributed by atoms with Gasteiger partial charge in [-0.3, -0.25) is 9.59 Å². The molecule has 0 bridgehead atoms. The Labute approximate surface area is 135 Å². The number of benzene rings is 1. The predicted molar refractivity (Wildman–Crippen MR) is 76.1 cm³/mol. The fraction of sp³-hybridized carbons (Fsp3) is 0.429. The number of carbonyl (C=O) groups is 2. The van der Waals surface area contributed by atoms with Gasteiger partial charge in [0, 0.05) is 24.9 Å². The minimum absolute atomic E-state index is 0.00522. The number of halogens is 3. The summed E-state index contributed by atoms with van der Waals surface area (Å²) in [6, 6.07) is 4.73. The Morgan fingerprint density at radius 1 is 1.17 bits per heavy atom. The summed E-state index contributed by atoms with van der Waals surface area (Å²) in [4.78, 5) is 24.1. The molecule has 1 saturated heterocycles. The van der Waals surface area contributed by atoms with E-state index in [-0.39, 0.29) is 10.5 Å². The van der Waals surface area contributed by atoms with Crippen LogP contribution in [0.25, 0.3) is 0 Å². The average Bonchev–Trinajstić information content (AvgIpc) is 2.91. The number of amides is 1. The third-order valence-electron chi connectivity index (χ3n) is 3.87. The number of rotatable bonds is 3. The first-order valence-electron chi connectivity index (χ1n) is 6.80. The SMILES string of the molecule is CS(=O)(=O)c1ccc(C(=O)N2C[C@@H](C(F)(F)F)[C@H](C(=O)O)C2)cc1. The molecule has 10 heteroatoms. The van der Waals surface area contributed by atoms with Gasteiger partial charge in [0.05, 0.1) is 16.7 Å². The van der Waals surface area contributed by atoms with Crippen molar-refractivity contribution >= 4 is 21.7 Å². The van der Waals surface area contributed by atoms with Crippen molar-refractivity contribution in [3.63, 3.8) is 0 Å². The molecule has 0 aliphatic carbocycles. The van der Waals surface area contributed by atoms with Gasteiger partial charge in [-0.05, 0) is 24.3 Å². The number of nitrogens with zero attached hydrogens (tertiary/aromatic N) is 1. The van der Waals surface area contributed by atoms with Crippen LogP contribution in [0, 0.1) is 11.8 Å². The molecule has 6 nitrogen and oxygen atoms in total. The minimum Gasteiger partial charge on any atom is -0.481 e. The van der Waals surface area contributed by atoms with Crippen molar-refractivity contribution in [1.82, 2.24) is 4.90 Å². The molecule has 1 amide bonds. The third kappa shape index (κ3) is 3.69. The van der Waals surface area contributed by atoms with E-state index in [4.69, 9.17) is 5.11 Å². The van der Waals surface area contributed by atoms with Gasteiger partial charge >= 0.3 is 12.1 Å². The Balaban J connectivity index is 2.23. The van der Waals surface area contributed by atoms with Crippen molar-refractivity contribution in [1.29, 1.82) is 0 Å². The van der Waals surface area contributed by atoms with E-state index in [9.17, 15) is 31.2 Å². The molecule has 1 fully saturated rings. The van der Waals surface area contributed by atoms with E-state index in [2.05, 4.69) is 0 Å². The van der Waals surface area contributed by atoms with Crippen LogP contribution in [0.15, 0.2) is 29.2 Å². The fourth-order valence-corrected chi connectivity index (χ4v) is 3.21. The zero-order chi connectivity index (χ0) is 18.3. The van der Waals surface area contributed by atoms with E-state index in [1.54, 1.807) is 0 Å². The Kier molecular flexibility index (Phi) is 4.62. The van der Waals surface area contributed by atoms with Gasteiger partial charge in [0.15, 0.2) is 9.84 Å². The molecule has 24 heavy (non-hydrogen) atoms. The second-order valence-electron chi connectivity index (χ2n) is 5.60. The highest BCUT2D eigenvalue weighted by atomic mass is 32.2. The van der Waals surface area contributed by atoms with Crippen LogP contribution < -0.4 is 0 Å². The molecule has 132 valence electrons. The second kappa shape index (κ2) is 6.08. The van der Waals surface area contributed by atoms with Crippen LogP contribution >= 0.6 is 0 Å². The number of hydrogen-bond acceptors (Lipinski definition) is 4. The number of alkyl halides is 3. The lowest BCUT2D eigenvalue weighted by molar-refractivity contribution is -0.187. The lowest BCUT2D eigenvalue weighted by Crippen LogP contribution is -2.34. The molecule has 1 aromatic rings. The molecule has 0 aromatic heterocycles. The second-order valence-corrected chi connectivity index (χ2v) is 7.62. The molecule has 0 unspecified atom stereocenters.